The first-order valence-corrected chi connectivity index (χ1v) is 18.5. The molecule has 6 atom stereocenters. The van der Waals surface area contributed by atoms with Crippen LogP contribution in [0.15, 0.2) is 30.3 Å². The van der Waals surface area contributed by atoms with Gasteiger partial charge in [0.05, 0.1) is 11.8 Å². The number of benzene rings is 1. The summed E-state index contributed by atoms with van der Waals surface area (Å²) in [5, 5.41) is 26.0. The van der Waals surface area contributed by atoms with E-state index >= 15 is 0 Å². The summed E-state index contributed by atoms with van der Waals surface area (Å²) in [5.74, 6) is -1.98. The fourth-order valence-electron chi connectivity index (χ4n) is 6.33. The fourth-order valence-corrected chi connectivity index (χ4v) is 6.33. The summed E-state index contributed by atoms with van der Waals surface area (Å²) in [4.78, 5) is 56.7. The topological polar surface area (TPSA) is 216 Å². The smallest absolute Gasteiger partial charge is 0.407 e. The number of carbonyl (C=O) groups is 5. The SMILES string of the molecule is CC(C)(C)OC(=O)N[C@@H]1CCC[C@H](C(=O)O)C1.CC(C)(C)OC(=O)N[C@@H]1CCC[C@H](NC(=O)OCc2ccccc2)C1.N[C@@H]1CCCC(C(=O)O)C1. The zero-order valence-corrected chi connectivity index (χ0v) is 31.8. The van der Waals surface area contributed by atoms with Crippen molar-refractivity contribution < 1.29 is 48.4 Å². The lowest BCUT2D eigenvalue weighted by Gasteiger charge is -2.30. The van der Waals surface area contributed by atoms with Gasteiger partial charge in [0.25, 0.3) is 0 Å². The van der Waals surface area contributed by atoms with Crippen LogP contribution in [0.1, 0.15) is 124 Å². The Morgan fingerprint density at radius 3 is 1.50 bits per heavy atom. The Kier molecular flexibility index (Phi) is 18.2. The summed E-state index contributed by atoms with van der Waals surface area (Å²) in [5.41, 5.74) is 5.51. The van der Waals surface area contributed by atoms with Crippen LogP contribution in [-0.2, 0) is 30.4 Å². The molecule has 3 aliphatic carbocycles. The van der Waals surface area contributed by atoms with Crippen LogP contribution in [0, 0.1) is 11.8 Å². The molecule has 0 aromatic heterocycles. The van der Waals surface area contributed by atoms with Crippen LogP contribution in [0.3, 0.4) is 0 Å². The number of aliphatic carboxylic acids is 2. The number of alkyl carbamates (subject to hydrolysis) is 3. The summed E-state index contributed by atoms with van der Waals surface area (Å²) in [6.45, 7) is 11.1. The zero-order chi connectivity index (χ0) is 38.9. The van der Waals surface area contributed by atoms with Crippen molar-refractivity contribution in [3.8, 4) is 0 Å². The molecule has 0 saturated heterocycles. The van der Waals surface area contributed by atoms with E-state index in [0.29, 0.717) is 25.7 Å². The van der Waals surface area contributed by atoms with Crippen LogP contribution < -0.4 is 21.7 Å². The highest BCUT2D eigenvalue weighted by molar-refractivity contribution is 5.71. The van der Waals surface area contributed by atoms with Gasteiger partial charge in [-0.05, 0) is 111 Å². The molecule has 0 heterocycles. The molecule has 0 aliphatic heterocycles. The average molecular weight is 735 g/mol. The second-order valence-electron chi connectivity index (χ2n) is 15.9. The van der Waals surface area contributed by atoms with E-state index in [2.05, 4.69) is 16.0 Å². The molecule has 52 heavy (non-hydrogen) atoms. The molecule has 294 valence electrons. The van der Waals surface area contributed by atoms with E-state index in [1.807, 2.05) is 51.1 Å². The number of amides is 3. The first kappa shape index (κ1) is 44.1. The Bertz CT molecular complexity index is 1280. The van der Waals surface area contributed by atoms with Crippen molar-refractivity contribution in [3.63, 3.8) is 0 Å². The number of ether oxygens (including phenoxy) is 3. The van der Waals surface area contributed by atoms with Crippen LogP contribution in [0.25, 0.3) is 0 Å². The Balaban J connectivity index is 0.000000298. The van der Waals surface area contributed by atoms with Crippen LogP contribution >= 0.6 is 0 Å². The third-order valence-corrected chi connectivity index (χ3v) is 8.74. The van der Waals surface area contributed by atoms with Crippen molar-refractivity contribution in [2.24, 2.45) is 17.6 Å². The number of carboxylic acids is 2. The van der Waals surface area contributed by atoms with Gasteiger partial charge in [-0.15, -0.1) is 0 Å². The first-order valence-electron chi connectivity index (χ1n) is 18.5. The Morgan fingerprint density at radius 2 is 1.06 bits per heavy atom. The van der Waals surface area contributed by atoms with Gasteiger partial charge in [-0.3, -0.25) is 9.59 Å². The van der Waals surface area contributed by atoms with Crippen molar-refractivity contribution in [1.29, 1.82) is 0 Å². The molecule has 14 nitrogen and oxygen atoms in total. The van der Waals surface area contributed by atoms with Crippen LogP contribution in [0.4, 0.5) is 14.4 Å². The minimum Gasteiger partial charge on any atom is -0.481 e. The maximum Gasteiger partial charge on any atom is 0.407 e. The second-order valence-corrected chi connectivity index (χ2v) is 15.9. The lowest BCUT2D eigenvalue weighted by Crippen LogP contribution is -2.47. The lowest BCUT2D eigenvalue weighted by atomic mass is 9.86. The van der Waals surface area contributed by atoms with Gasteiger partial charge < -0.3 is 46.1 Å². The van der Waals surface area contributed by atoms with E-state index in [4.69, 9.17) is 30.2 Å². The van der Waals surface area contributed by atoms with E-state index < -0.39 is 41.4 Å². The number of nitrogens with one attached hydrogen (secondary N) is 3. The molecule has 3 saturated carbocycles. The van der Waals surface area contributed by atoms with Gasteiger partial charge >= 0.3 is 30.2 Å². The molecule has 14 heteroatoms. The number of nitrogens with two attached hydrogens (primary N) is 1. The van der Waals surface area contributed by atoms with Gasteiger partial charge in [-0.2, -0.15) is 0 Å². The Morgan fingerprint density at radius 1 is 0.635 bits per heavy atom. The van der Waals surface area contributed by atoms with Gasteiger partial charge in [0.1, 0.15) is 17.8 Å². The summed E-state index contributed by atoms with van der Waals surface area (Å²) < 4.78 is 15.7. The van der Waals surface area contributed by atoms with Gasteiger partial charge in [0, 0.05) is 24.2 Å². The maximum absolute atomic E-state index is 12.0. The van der Waals surface area contributed by atoms with Gasteiger partial charge in [-0.25, -0.2) is 14.4 Å². The predicted molar refractivity (Wildman–Crippen MR) is 195 cm³/mol. The first-order chi connectivity index (χ1) is 24.3. The largest absolute Gasteiger partial charge is 0.481 e. The molecule has 3 amide bonds. The van der Waals surface area contributed by atoms with Crippen molar-refractivity contribution in [1.82, 2.24) is 16.0 Å². The van der Waals surface area contributed by atoms with E-state index in [0.717, 1.165) is 56.9 Å². The molecular formula is C38H62N4O10. The Labute approximate surface area is 308 Å². The van der Waals surface area contributed by atoms with Crippen molar-refractivity contribution in [2.45, 2.75) is 161 Å². The minimum absolute atomic E-state index is 0.00280. The van der Waals surface area contributed by atoms with Crippen molar-refractivity contribution >= 4 is 30.2 Å². The molecule has 1 unspecified atom stereocenters. The summed E-state index contributed by atoms with van der Waals surface area (Å²) in [6, 6.07) is 9.59. The molecule has 0 radical (unpaired) electrons. The quantitative estimate of drug-likeness (QED) is 0.166. The Hall–Kier alpha value is -4.07. The molecule has 4 rings (SSSR count). The van der Waals surface area contributed by atoms with Crippen molar-refractivity contribution in [2.75, 3.05) is 0 Å². The van der Waals surface area contributed by atoms with Gasteiger partial charge in [0.2, 0.25) is 0 Å². The van der Waals surface area contributed by atoms with Crippen LogP contribution in [-0.4, -0.2) is 75.8 Å². The molecular weight excluding hydrogens is 672 g/mol. The highest BCUT2D eigenvalue weighted by Crippen LogP contribution is 2.25. The van der Waals surface area contributed by atoms with Gasteiger partial charge in [-0.1, -0.05) is 43.2 Å². The molecule has 3 fully saturated rings. The molecule has 0 spiro atoms. The third-order valence-electron chi connectivity index (χ3n) is 8.74. The third kappa shape index (κ3) is 19.5. The van der Waals surface area contributed by atoms with Crippen LogP contribution in [0.5, 0.6) is 0 Å². The number of carbonyl (C=O) groups excluding carboxylic acids is 3. The number of rotatable bonds is 7. The molecule has 1 aromatic carbocycles. The number of hydrogen-bond acceptors (Lipinski definition) is 9. The molecule has 3 aliphatic rings. The van der Waals surface area contributed by atoms with E-state index in [1.54, 1.807) is 20.8 Å². The molecule has 1 aromatic rings. The van der Waals surface area contributed by atoms with E-state index in [1.165, 1.54) is 0 Å². The summed E-state index contributed by atoms with van der Waals surface area (Å²) >= 11 is 0. The monoisotopic (exact) mass is 734 g/mol. The molecule has 7 N–H and O–H groups in total. The standard InChI is InChI=1S/C19H28N2O4.C12H21NO4.C7H13NO2/c1-19(2,3)25-18(23)21-16-11-7-10-15(12-16)20-17(22)24-13-14-8-5-4-6-9-14;1-12(2,3)17-11(16)13-9-6-4-5-8(7-9)10(14)15;8-6-3-1-2-5(4-6)7(9)10/h4-6,8-9,15-16H,7,10-13H2,1-3H3,(H,20,22)(H,21,23);8-9H,4-7H2,1-3H3,(H,13,16)(H,14,15);5-6H,1-4,8H2,(H,9,10)/t15-,16+;8-,9+;5?,6-/m001/s1. The summed E-state index contributed by atoms with van der Waals surface area (Å²) in [7, 11) is 0. The second kappa shape index (κ2) is 21.5. The number of hydrogen-bond donors (Lipinski definition) is 6. The maximum atomic E-state index is 12.0. The molecule has 0 bridgehead atoms. The fraction of sp³-hybridized carbons (Fsp3) is 0.711. The highest BCUT2D eigenvalue weighted by atomic mass is 16.6. The van der Waals surface area contributed by atoms with Crippen LogP contribution in [0.2, 0.25) is 0 Å². The van der Waals surface area contributed by atoms with Crippen molar-refractivity contribution in [3.05, 3.63) is 35.9 Å². The lowest BCUT2D eigenvalue weighted by molar-refractivity contribution is -0.143. The van der Waals surface area contributed by atoms with E-state index in [9.17, 15) is 24.0 Å². The predicted octanol–water partition coefficient (Wildman–Crippen LogP) is 6.49. The number of carboxylic acid groups (broad SMARTS) is 2. The highest BCUT2D eigenvalue weighted by Gasteiger charge is 2.30. The average Bonchev–Trinajstić information content (AvgIpc) is 3.03. The normalized spacial score (nSPS) is 24.5. The van der Waals surface area contributed by atoms with E-state index in [-0.39, 0.29) is 42.6 Å². The zero-order valence-electron chi connectivity index (χ0n) is 31.8. The minimum atomic E-state index is -0.777. The summed E-state index contributed by atoms with van der Waals surface area (Å²) in [6.07, 6.45) is 8.36. The van der Waals surface area contributed by atoms with Gasteiger partial charge in [0.15, 0.2) is 0 Å².